The molecule has 0 amide bonds. The van der Waals surface area contributed by atoms with E-state index in [0.29, 0.717) is 5.56 Å². The highest BCUT2D eigenvalue weighted by Crippen LogP contribution is 2.18. The number of ketones is 1. The molecular weight excluding hydrogens is 306 g/mol. The van der Waals surface area contributed by atoms with Crippen LogP contribution in [0.4, 0.5) is 5.69 Å². The van der Waals surface area contributed by atoms with Crippen LogP contribution in [0, 0.1) is 17.0 Å². The van der Waals surface area contributed by atoms with Crippen LogP contribution in [0.3, 0.4) is 0 Å². The fourth-order valence-electron chi connectivity index (χ4n) is 1.93. The highest BCUT2D eigenvalue weighted by atomic mass is 32.2. The van der Waals surface area contributed by atoms with Crippen LogP contribution in [-0.2, 0) is 9.84 Å². The second kappa shape index (κ2) is 6.07. The summed E-state index contributed by atoms with van der Waals surface area (Å²) in [4.78, 5) is 21.9. The quantitative estimate of drug-likeness (QED) is 0.479. The summed E-state index contributed by atoms with van der Waals surface area (Å²) in [6, 6.07) is 11.1. The minimum atomic E-state index is -3.84. The number of sulfone groups is 1. The van der Waals surface area contributed by atoms with E-state index in [4.69, 9.17) is 0 Å². The van der Waals surface area contributed by atoms with Crippen molar-refractivity contribution in [2.24, 2.45) is 0 Å². The number of nitro benzene ring substituents is 1. The van der Waals surface area contributed by atoms with Gasteiger partial charge in [-0.25, -0.2) is 8.42 Å². The summed E-state index contributed by atoms with van der Waals surface area (Å²) >= 11 is 0. The molecule has 0 aliphatic heterocycles. The van der Waals surface area contributed by atoms with Gasteiger partial charge in [0.25, 0.3) is 5.69 Å². The van der Waals surface area contributed by atoms with Gasteiger partial charge in [0.05, 0.1) is 9.82 Å². The van der Waals surface area contributed by atoms with Gasteiger partial charge in [-0.2, -0.15) is 0 Å². The van der Waals surface area contributed by atoms with Crippen molar-refractivity contribution in [1.29, 1.82) is 0 Å². The fourth-order valence-corrected chi connectivity index (χ4v) is 3.16. The zero-order chi connectivity index (χ0) is 16.3. The Morgan fingerprint density at radius 3 is 2.32 bits per heavy atom. The van der Waals surface area contributed by atoms with Crippen LogP contribution in [0.25, 0.3) is 0 Å². The molecule has 0 heterocycles. The molecule has 22 heavy (non-hydrogen) atoms. The lowest BCUT2D eigenvalue weighted by molar-refractivity contribution is -0.384. The van der Waals surface area contributed by atoms with Crippen molar-refractivity contribution in [2.45, 2.75) is 11.8 Å². The number of hydrogen-bond acceptors (Lipinski definition) is 5. The van der Waals surface area contributed by atoms with Gasteiger partial charge < -0.3 is 0 Å². The molecule has 0 radical (unpaired) electrons. The van der Waals surface area contributed by atoms with E-state index in [0.717, 1.165) is 29.8 Å². The lowest BCUT2D eigenvalue weighted by Crippen LogP contribution is -2.16. The molecule has 0 fully saturated rings. The number of non-ortho nitro benzene ring substituents is 1. The van der Waals surface area contributed by atoms with Gasteiger partial charge in [0, 0.05) is 17.7 Å². The highest BCUT2D eigenvalue weighted by molar-refractivity contribution is 7.92. The number of hydrogen-bond donors (Lipinski definition) is 0. The Morgan fingerprint density at radius 2 is 1.77 bits per heavy atom. The maximum Gasteiger partial charge on any atom is 0.269 e. The highest BCUT2D eigenvalue weighted by Gasteiger charge is 2.21. The van der Waals surface area contributed by atoms with Gasteiger partial charge in [-0.3, -0.25) is 14.9 Å². The van der Waals surface area contributed by atoms with E-state index in [-0.39, 0.29) is 10.6 Å². The molecule has 0 aliphatic carbocycles. The monoisotopic (exact) mass is 319 g/mol. The van der Waals surface area contributed by atoms with Crippen molar-refractivity contribution in [2.75, 3.05) is 5.75 Å². The Morgan fingerprint density at radius 1 is 1.14 bits per heavy atom. The van der Waals surface area contributed by atoms with Crippen LogP contribution in [0.2, 0.25) is 0 Å². The molecule has 6 nitrogen and oxygen atoms in total. The van der Waals surface area contributed by atoms with Crippen LogP contribution in [0.1, 0.15) is 15.9 Å². The molecule has 114 valence electrons. The Kier molecular flexibility index (Phi) is 4.37. The summed E-state index contributed by atoms with van der Waals surface area (Å²) in [6.07, 6.45) is 0. The maximum atomic E-state index is 12.2. The van der Waals surface area contributed by atoms with Gasteiger partial charge in [0.15, 0.2) is 15.6 Å². The van der Waals surface area contributed by atoms with Gasteiger partial charge in [-0.15, -0.1) is 0 Å². The Bertz CT molecular complexity index is 825. The van der Waals surface area contributed by atoms with E-state index in [9.17, 15) is 23.3 Å². The molecule has 2 aromatic rings. The number of aryl methyl sites for hydroxylation is 1. The summed E-state index contributed by atoms with van der Waals surface area (Å²) in [5.74, 6) is -1.18. The topological polar surface area (TPSA) is 94.3 Å². The van der Waals surface area contributed by atoms with Crippen molar-refractivity contribution in [3.63, 3.8) is 0 Å². The number of rotatable bonds is 5. The predicted molar refractivity (Wildman–Crippen MR) is 80.7 cm³/mol. The fraction of sp³-hybridized carbons (Fsp3) is 0.133. The zero-order valence-electron chi connectivity index (χ0n) is 11.7. The largest absolute Gasteiger partial charge is 0.293 e. The number of Topliss-reactive ketones (excluding diaryl/α,β-unsaturated/α-hetero) is 1. The summed E-state index contributed by atoms with van der Waals surface area (Å²) in [5, 5.41) is 10.6. The number of carbonyl (C=O) groups excluding carboxylic acids is 1. The zero-order valence-corrected chi connectivity index (χ0v) is 12.5. The summed E-state index contributed by atoms with van der Waals surface area (Å²) < 4.78 is 24.4. The standard InChI is InChI=1S/C15H13NO5S/c1-11-3-2-4-12(9-11)15(17)10-22(20,21)14-7-5-13(6-8-14)16(18)19/h2-9H,10H2,1H3. The first-order valence-electron chi connectivity index (χ1n) is 6.37. The average molecular weight is 319 g/mol. The summed E-state index contributed by atoms with van der Waals surface area (Å²) in [5.41, 5.74) is 0.980. The van der Waals surface area contributed by atoms with Crippen LogP contribution in [0.15, 0.2) is 53.4 Å². The minimum Gasteiger partial charge on any atom is -0.293 e. The number of carbonyl (C=O) groups is 1. The van der Waals surface area contributed by atoms with Crippen molar-refractivity contribution in [3.8, 4) is 0 Å². The van der Waals surface area contributed by atoms with Gasteiger partial charge in [-0.1, -0.05) is 23.8 Å². The molecule has 0 aromatic heterocycles. The second-order valence-electron chi connectivity index (χ2n) is 4.80. The molecule has 0 spiro atoms. The Labute approximate surface area is 127 Å². The lowest BCUT2D eigenvalue weighted by atomic mass is 10.1. The van der Waals surface area contributed by atoms with Gasteiger partial charge in [0.1, 0.15) is 5.75 Å². The first-order chi connectivity index (χ1) is 10.3. The lowest BCUT2D eigenvalue weighted by Gasteiger charge is -2.05. The second-order valence-corrected chi connectivity index (χ2v) is 6.79. The number of nitrogens with zero attached hydrogens (tertiary/aromatic N) is 1. The molecular formula is C15H13NO5S. The van der Waals surface area contributed by atoms with E-state index < -0.39 is 26.3 Å². The van der Waals surface area contributed by atoms with Crippen LogP contribution in [-0.4, -0.2) is 24.9 Å². The number of benzene rings is 2. The summed E-state index contributed by atoms with van der Waals surface area (Å²) in [6.45, 7) is 1.81. The maximum absolute atomic E-state index is 12.2. The molecule has 0 bridgehead atoms. The molecule has 0 atom stereocenters. The van der Waals surface area contributed by atoms with Crippen LogP contribution < -0.4 is 0 Å². The van der Waals surface area contributed by atoms with Gasteiger partial charge >= 0.3 is 0 Å². The van der Waals surface area contributed by atoms with E-state index in [2.05, 4.69) is 0 Å². The molecule has 2 aromatic carbocycles. The number of nitro groups is 1. The van der Waals surface area contributed by atoms with Crippen molar-refractivity contribution in [1.82, 2.24) is 0 Å². The molecule has 2 rings (SSSR count). The summed E-state index contributed by atoms with van der Waals surface area (Å²) in [7, 11) is -3.84. The molecule has 0 N–H and O–H groups in total. The Balaban J connectivity index is 2.24. The molecule has 0 saturated carbocycles. The smallest absolute Gasteiger partial charge is 0.269 e. The SMILES string of the molecule is Cc1cccc(C(=O)CS(=O)(=O)c2ccc([N+](=O)[O-])cc2)c1. The van der Waals surface area contributed by atoms with Crippen molar-refractivity contribution >= 4 is 21.3 Å². The first-order valence-corrected chi connectivity index (χ1v) is 8.02. The van der Waals surface area contributed by atoms with Crippen LogP contribution in [0.5, 0.6) is 0 Å². The molecule has 0 unspecified atom stereocenters. The molecule has 0 aliphatic rings. The normalized spacial score (nSPS) is 11.1. The molecule has 7 heteroatoms. The molecule has 0 saturated heterocycles. The third-order valence-electron chi connectivity index (χ3n) is 3.07. The third-order valence-corrected chi connectivity index (χ3v) is 4.70. The van der Waals surface area contributed by atoms with E-state index in [1.54, 1.807) is 18.2 Å². The van der Waals surface area contributed by atoms with E-state index in [1.165, 1.54) is 0 Å². The van der Waals surface area contributed by atoms with Crippen molar-refractivity contribution in [3.05, 3.63) is 69.8 Å². The van der Waals surface area contributed by atoms with E-state index in [1.807, 2.05) is 13.0 Å². The van der Waals surface area contributed by atoms with Gasteiger partial charge in [-0.05, 0) is 25.1 Å². The predicted octanol–water partition coefficient (Wildman–Crippen LogP) is 2.56. The van der Waals surface area contributed by atoms with Crippen molar-refractivity contribution < 1.29 is 18.1 Å². The third kappa shape index (κ3) is 3.56. The average Bonchev–Trinajstić information content (AvgIpc) is 2.47. The first kappa shape index (κ1) is 15.8. The minimum absolute atomic E-state index is 0.112. The van der Waals surface area contributed by atoms with Gasteiger partial charge in [0.2, 0.25) is 0 Å². The Hall–Kier alpha value is -2.54. The van der Waals surface area contributed by atoms with Crippen LogP contribution >= 0.6 is 0 Å². The van der Waals surface area contributed by atoms with E-state index >= 15 is 0 Å².